The van der Waals surface area contributed by atoms with Gasteiger partial charge in [-0.1, -0.05) is 34.1 Å². The van der Waals surface area contributed by atoms with E-state index in [-0.39, 0.29) is 6.42 Å². The Morgan fingerprint density at radius 2 is 2.07 bits per heavy atom. The molecule has 0 atom stereocenters. The topological polar surface area (TPSA) is 49.3 Å². The van der Waals surface area contributed by atoms with Gasteiger partial charge in [-0.05, 0) is 24.6 Å². The molecular weight excluding hydrogens is 258 g/mol. The maximum absolute atomic E-state index is 10.2. The fraction of sp³-hybridized carbons (Fsp3) is 0.364. The van der Waals surface area contributed by atoms with Crippen molar-refractivity contribution in [3.05, 3.63) is 34.3 Å². The van der Waals surface area contributed by atoms with Gasteiger partial charge in [0.15, 0.2) is 0 Å². The van der Waals surface area contributed by atoms with Gasteiger partial charge in [0.05, 0.1) is 6.42 Å². The van der Waals surface area contributed by atoms with E-state index in [4.69, 9.17) is 5.11 Å². The molecule has 0 aliphatic heterocycles. The molecule has 0 heterocycles. The summed E-state index contributed by atoms with van der Waals surface area (Å²) in [7, 11) is 0. The van der Waals surface area contributed by atoms with Crippen molar-refractivity contribution in [3.8, 4) is 0 Å². The number of hydrogen-bond donors (Lipinski definition) is 2. The Balaban J connectivity index is 2.21. The van der Waals surface area contributed by atoms with Gasteiger partial charge in [-0.15, -0.1) is 0 Å². The molecule has 0 bridgehead atoms. The second kappa shape index (κ2) is 6.58. The number of nitrogens with one attached hydrogen (secondary N) is 1. The molecule has 0 saturated carbocycles. The molecule has 0 aliphatic carbocycles. The summed E-state index contributed by atoms with van der Waals surface area (Å²) < 4.78 is 1.10. The number of aliphatic carboxylic acids is 1. The molecule has 0 amide bonds. The summed E-state index contributed by atoms with van der Waals surface area (Å²) in [5.74, 6) is -0.761. The normalized spacial score (nSPS) is 10.2. The molecule has 0 saturated heterocycles. The van der Waals surface area contributed by atoms with Crippen LogP contribution in [0.2, 0.25) is 0 Å². The minimum atomic E-state index is -0.761. The summed E-state index contributed by atoms with van der Waals surface area (Å²) in [4.78, 5) is 10.2. The monoisotopic (exact) mass is 271 g/mol. The van der Waals surface area contributed by atoms with Crippen LogP contribution in [0, 0.1) is 0 Å². The highest BCUT2D eigenvalue weighted by Gasteiger charge is 1.98. The van der Waals surface area contributed by atoms with Crippen molar-refractivity contribution >= 4 is 21.9 Å². The molecule has 3 nitrogen and oxygen atoms in total. The fourth-order valence-corrected chi connectivity index (χ4v) is 1.73. The van der Waals surface area contributed by atoms with Crippen LogP contribution >= 0.6 is 15.9 Å². The van der Waals surface area contributed by atoms with Gasteiger partial charge in [0.25, 0.3) is 0 Å². The second-order valence-corrected chi connectivity index (χ2v) is 4.09. The Morgan fingerprint density at radius 3 is 2.73 bits per heavy atom. The Bertz CT molecular complexity index is 328. The zero-order chi connectivity index (χ0) is 11.1. The van der Waals surface area contributed by atoms with Crippen molar-refractivity contribution in [2.75, 3.05) is 13.1 Å². The minimum Gasteiger partial charge on any atom is -0.481 e. The minimum absolute atomic E-state index is 0.177. The van der Waals surface area contributed by atoms with Crippen molar-refractivity contribution in [2.45, 2.75) is 12.8 Å². The van der Waals surface area contributed by atoms with E-state index in [1.165, 1.54) is 5.56 Å². The van der Waals surface area contributed by atoms with Gasteiger partial charge in [0.2, 0.25) is 0 Å². The first-order chi connectivity index (χ1) is 7.20. The van der Waals surface area contributed by atoms with Crippen LogP contribution in [-0.4, -0.2) is 24.2 Å². The van der Waals surface area contributed by atoms with Crippen molar-refractivity contribution in [3.63, 3.8) is 0 Å². The first-order valence-corrected chi connectivity index (χ1v) is 5.65. The van der Waals surface area contributed by atoms with Gasteiger partial charge in [0.1, 0.15) is 0 Å². The van der Waals surface area contributed by atoms with Crippen LogP contribution in [0.4, 0.5) is 0 Å². The Morgan fingerprint density at radius 1 is 1.33 bits per heavy atom. The van der Waals surface area contributed by atoms with E-state index in [0.717, 1.165) is 17.4 Å². The summed E-state index contributed by atoms with van der Waals surface area (Å²) in [6.07, 6.45) is 1.08. The third-order valence-corrected chi connectivity index (χ3v) is 2.82. The lowest BCUT2D eigenvalue weighted by atomic mass is 10.1. The molecule has 1 aromatic rings. The van der Waals surface area contributed by atoms with Crippen LogP contribution in [0.3, 0.4) is 0 Å². The summed E-state index contributed by atoms with van der Waals surface area (Å²) in [6, 6.07) is 8.04. The molecule has 1 rings (SSSR count). The number of carboxylic acids is 1. The molecule has 0 unspecified atom stereocenters. The maximum atomic E-state index is 10.2. The van der Waals surface area contributed by atoms with Crippen LogP contribution in [0.15, 0.2) is 28.7 Å². The highest BCUT2D eigenvalue weighted by Crippen LogP contribution is 2.15. The Labute approximate surface area is 97.6 Å². The SMILES string of the molecule is O=C(O)CCNCCc1ccccc1Br. The van der Waals surface area contributed by atoms with Crippen LogP contribution in [0.5, 0.6) is 0 Å². The third-order valence-electron chi connectivity index (χ3n) is 2.04. The lowest BCUT2D eigenvalue weighted by Gasteiger charge is -2.05. The largest absolute Gasteiger partial charge is 0.481 e. The van der Waals surface area contributed by atoms with E-state index in [2.05, 4.69) is 27.3 Å². The molecule has 0 spiro atoms. The highest BCUT2D eigenvalue weighted by molar-refractivity contribution is 9.10. The average molecular weight is 272 g/mol. The van der Waals surface area contributed by atoms with Crippen LogP contribution in [0.25, 0.3) is 0 Å². The van der Waals surface area contributed by atoms with Gasteiger partial charge >= 0.3 is 5.97 Å². The van der Waals surface area contributed by atoms with Crippen molar-refractivity contribution in [1.82, 2.24) is 5.32 Å². The van der Waals surface area contributed by atoms with E-state index < -0.39 is 5.97 Å². The molecule has 2 N–H and O–H groups in total. The Hall–Kier alpha value is -0.870. The van der Waals surface area contributed by atoms with Gasteiger partial charge in [-0.3, -0.25) is 4.79 Å². The molecule has 0 aliphatic rings. The van der Waals surface area contributed by atoms with Crippen molar-refractivity contribution in [2.24, 2.45) is 0 Å². The molecule has 4 heteroatoms. The van der Waals surface area contributed by atoms with E-state index in [1.807, 2.05) is 18.2 Å². The number of rotatable bonds is 6. The zero-order valence-electron chi connectivity index (χ0n) is 8.37. The first-order valence-electron chi connectivity index (χ1n) is 4.86. The number of carboxylic acid groups (broad SMARTS) is 1. The van der Waals surface area contributed by atoms with E-state index in [9.17, 15) is 4.79 Å². The molecule has 1 aromatic carbocycles. The third kappa shape index (κ3) is 4.95. The molecule has 15 heavy (non-hydrogen) atoms. The number of benzene rings is 1. The molecule has 82 valence electrons. The summed E-state index contributed by atoms with van der Waals surface area (Å²) in [5.41, 5.74) is 1.24. The zero-order valence-corrected chi connectivity index (χ0v) is 9.96. The van der Waals surface area contributed by atoms with Crippen molar-refractivity contribution < 1.29 is 9.90 Å². The van der Waals surface area contributed by atoms with Gasteiger partial charge in [-0.25, -0.2) is 0 Å². The first kappa shape index (κ1) is 12.2. The Kier molecular flexibility index (Phi) is 5.36. The quantitative estimate of drug-likeness (QED) is 0.779. The molecule has 0 aromatic heterocycles. The molecule has 0 radical (unpaired) electrons. The lowest BCUT2D eigenvalue weighted by molar-refractivity contribution is -0.136. The van der Waals surface area contributed by atoms with Gasteiger partial charge in [0, 0.05) is 11.0 Å². The average Bonchev–Trinajstić information content (AvgIpc) is 2.20. The molecular formula is C11H14BrNO2. The standard InChI is InChI=1S/C11H14BrNO2/c12-10-4-2-1-3-9(10)5-7-13-8-6-11(14)15/h1-4,13H,5-8H2,(H,14,15). The molecule has 0 fully saturated rings. The van der Waals surface area contributed by atoms with E-state index in [0.29, 0.717) is 6.54 Å². The number of hydrogen-bond acceptors (Lipinski definition) is 2. The van der Waals surface area contributed by atoms with Crippen molar-refractivity contribution in [1.29, 1.82) is 0 Å². The van der Waals surface area contributed by atoms with Crippen LogP contribution < -0.4 is 5.32 Å². The van der Waals surface area contributed by atoms with Gasteiger partial charge < -0.3 is 10.4 Å². The predicted molar refractivity (Wildman–Crippen MR) is 63.0 cm³/mol. The number of halogens is 1. The fourth-order valence-electron chi connectivity index (χ4n) is 1.24. The highest BCUT2D eigenvalue weighted by atomic mass is 79.9. The second-order valence-electron chi connectivity index (χ2n) is 3.24. The summed E-state index contributed by atoms with van der Waals surface area (Å²) in [6.45, 7) is 1.33. The summed E-state index contributed by atoms with van der Waals surface area (Å²) >= 11 is 3.47. The van der Waals surface area contributed by atoms with Crippen LogP contribution in [-0.2, 0) is 11.2 Å². The summed E-state index contributed by atoms with van der Waals surface area (Å²) in [5, 5.41) is 11.5. The maximum Gasteiger partial charge on any atom is 0.304 e. The van der Waals surface area contributed by atoms with E-state index in [1.54, 1.807) is 0 Å². The smallest absolute Gasteiger partial charge is 0.304 e. The van der Waals surface area contributed by atoms with Gasteiger partial charge in [-0.2, -0.15) is 0 Å². The van der Waals surface area contributed by atoms with Crippen LogP contribution in [0.1, 0.15) is 12.0 Å². The van der Waals surface area contributed by atoms with E-state index >= 15 is 0 Å². The lowest BCUT2D eigenvalue weighted by Crippen LogP contribution is -2.20. The predicted octanol–water partition coefficient (Wildman–Crippen LogP) is 2.06. The number of carbonyl (C=O) groups is 1.